The van der Waals surface area contributed by atoms with Crippen LogP contribution in [0, 0.1) is 0 Å². The summed E-state index contributed by atoms with van der Waals surface area (Å²) in [5.74, 6) is 1.68. The molecule has 0 bridgehead atoms. The first-order valence-corrected chi connectivity index (χ1v) is 9.14. The predicted octanol–water partition coefficient (Wildman–Crippen LogP) is 3.21. The van der Waals surface area contributed by atoms with E-state index in [0.29, 0.717) is 6.54 Å². The molecule has 6 heteroatoms. The van der Waals surface area contributed by atoms with Gasteiger partial charge >= 0.3 is 0 Å². The summed E-state index contributed by atoms with van der Waals surface area (Å²) in [4.78, 5) is 20.6. The van der Waals surface area contributed by atoms with E-state index in [1.165, 1.54) is 5.56 Å². The van der Waals surface area contributed by atoms with Crippen LogP contribution in [0.3, 0.4) is 0 Å². The Kier molecular flexibility index (Phi) is 5.85. The van der Waals surface area contributed by atoms with E-state index >= 15 is 0 Å². The second kappa shape index (κ2) is 8.48. The van der Waals surface area contributed by atoms with E-state index in [1.54, 1.807) is 30.5 Å². The highest BCUT2D eigenvalue weighted by atomic mass is 32.2. The zero-order valence-electron chi connectivity index (χ0n) is 14.0. The third kappa shape index (κ3) is 4.93. The predicted molar refractivity (Wildman–Crippen MR) is 100 cm³/mol. The molecule has 1 aromatic carbocycles. The summed E-state index contributed by atoms with van der Waals surface area (Å²) in [6, 6.07) is 14.1. The van der Waals surface area contributed by atoms with Crippen molar-refractivity contribution in [2.75, 3.05) is 0 Å². The lowest BCUT2D eigenvalue weighted by atomic mass is 10.2. The van der Waals surface area contributed by atoms with E-state index in [1.807, 2.05) is 48.0 Å². The lowest BCUT2D eigenvalue weighted by Gasteiger charge is -2.12. The Hall–Kier alpha value is -2.60. The molecule has 1 unspecified atom stereocenters. The van der Waals surface area contributed by atoms with Crippen molar-refractivity contribution in [2.24, 2.45) is 0 Å². The molecule has 2 aromatic heterocycles. The number of carbonyl (C=O) groups is 1. The number of nitrogens with zero attached hydrogens (tertiary/aromatic N) is 3. The maximum absolute atomic E-state index is 12.2. The van der Waals surface area contributed by atoms with Crippen LogP contribution >= 0.6 is 11.8 Å². The van der Waals surface area contributed by atoms with E-state index < -0.39 is 0 Å². The van der Waals surface area contributed by atoms with E-state index in [9.17, 15) is 4.79 Å². The number of rotatable bonds is 7. The minimum Gasteiger partial charge on any atom is -0.351 e. The van der Waals surface area contributed by atoms with Crippen LogP contribution in [-0.4, -0.2) is 25.7 Å². The van der Waals surface area contributed by atoms with Crippen LogP contribution in [0.5, 0.6) is 0 Å². The lowest BCUT2D eigenvalue weighted by molar-refractivity contribution is -0.120. The molecule has 128 valence electrons. The van der Waals surface area contributed by atoms with Gasteiger partial charge in [-0.25, -0.2) is 9.97 Å². The third-order valence-corrected chi connectivity index (χ3v) is 4.97. The number of thioether (sulfide) groups is 1. The van der Waals surface area contributed by atoms with Crippen LogP contribution < -0.4 is 5.32 Å². The number of carbonyl (C=O) groups excluding carboxylic acids is 1. The molecule has 1 atom stereocenters. The number of amides is 1. The van der Waals surface area contributed by atoms with E-state index in [4.69, 9.17) is 0 Å². The Morgan fingerprint density at radius 3 is 2.72 bits per heavy atom. The van der Waals surface area contributed by atoms with E-state index in [0.717, 1.165) is 17.1 Å². The number of benzene rings is 1. The molecule has 1 amide bonds. The van der Waals surface area contributed by atoms with Crippen LogP contribution in [-0.2, 0) is 17.1 Å². The number of hydrogen-bond donors (Lipinski definition) is 1. The van der Waals surface area contributed by atoms with Gasteiger partial charge in [0, 0.05) is 30.9 Å². The van der Waals surface area contributed by atoms with Crippen molar-refractivity contribution in [3.05, 3.63) is 78.5 Å². The molecule has 0 spiro atoms. The smallest absolute Gasteiger partial charge is 0.233 e. The minimum atomic E-state index is -0.0987. The molecular formula is C19H20N4OS. The molecule has 0 aliphatic heterocycles. The van der Waals surface area contributed by atoms with Gasteiger partial charge in [0.25, 0.3) is 0 Å². The highest BCUT2D eigenvalue weighted by molar-refractivity contribution is 7.99. The largest absolute Gasteiger partial charge is 0.351 e. The monoisotopic (exact) mass is 352 g/mol. The Bertz CT molecular complexity index is 788. The highest BCUT2D eigenvalue weighted by Gasteiger charge is 2.13. The molecule has 0 aliphatic carbocycles. The fraction of sp³-hybridized carbons (Fsp3) is 0.211. The van der Waals surface area contributed by atoms with Crippen molar-refractivity contribution < 1.29 is 4.79 Å². The number of aromatic nitrogens is 3. The van der Waals surface area contributed by atoms with Gasteiger partial charge in [-0.05, 0) is 24.1 Å². The molecule has 0 saturated carbocycles. The maximum atomic E-state index is 12.2. The first-order valence-electron chi connectivity index (χ1n) is 8.09. The van der Waals surface area contributed by atoms with Crippen LogP contribution in [0.2, 0.25) is 0 Å². The molecular weight excluding hydrogens is 332 g/mol. The molecule has 0 saturated heterocycles. The Morgan fingerprint density at radius 1 is 1.20 bits per heavy atom. The summed E-state index contributed by atoms with van der Waals surface area (Å²) in [6.45, 7) is 2.41. The van der Waals surface area contributed by atoms with Crippen LogP contribution in [0.1, 0.15) is 18.1 Å². The number of hydrogen-bond acceptors (Lipinski definition) is 4. The zero-order valence-corrected chi connectivity index (χ0v) is 14.8. The zero-order chi connectivity index (χ0) is 17.5. The molecule has 3 aromatic rings. The van der Waals surface area contributed by atoms with Crippen molar-refractivity contribution >= 4 is 17.7 Å². The second-order valence-electron chi connectivity index (χ2n) is 5.65. The molecule has 0 aliphatic rings. The molecule has 3 rings (SSSR count). The van der Waals surface area contributed by atoms with Gasteiger partial charge in [0.15, 0.2) is 0 Å². The van der Waals surface area contributed by atoms with Crippen molar-refractivity contribution in [2.45, 2.75) is 24.5 Å². The van der Waals surface area contributed by atoms with Crippen LogP contribution in [0.15, 0.2) is 67.4 Å². The van der Waals surface area contributed by atoms with E-state index in [2.05, 4.69) is 27.4 Å². The Labute approximate surface area is 151 Å². The van der Waals surface area contributed by atoms with Gasteiger partial charge in [0.2, 0.25) is 5.91 Å². The summed E-state index contributed by atoms with van der Waals surface area (Å²) in [5, 5.41) is 2.87. The second-order valence-corrected chi connectivity index (χ2v) is 6.98. The Balaban J connectivity index is 1.46. The molecule has 0 fully saturated rings. The van der Waals surface area contributed by atoms with E-state index in [-0.39, 0.29) is 11.2 Å². The quantitative estimate of drug-likeness (QED) is 0.709. The lowest BCUT2D eigenvalue weighted by Crippen LogP contribution is -2.30. The number of pyridine rings is 1. The SMILES string of the molecule is CC(SCc1ccccc1)C(=O)NCc1ccc(-n2ccnc2)nc1. The molecule has 25 heavy (non-hydrogen) atoms. The van der Waals surface area contributed by atoms with Gasteiger partial charge in [-0.15, -0.1) is 11.8 Å². The highest BCUT2D eigenvalue weighted by Crippen LogP contribution is 2.17. The molecule has 2 heterocycles. The standard InChI is InChI=1S/C19H20N4OS/c1-15(25-13-16-5-3-2-4-6-16)19(24)22-12-17-7-8-18(21-11-17)23-10-9-20-14-23/h2-11,14-15H,12-13H2,1H3,(H,22,24). The summed E-state index contributed by atoms with van der Waals surface area (Å²) < 4.78 is 1.84. The first kappa shape index (κ1) is 17.2. The topological polar surface area (TPSA) is 59.8 Å². The van der Waals surface area contributed by atoms with Gasteiger partial charge in [0.1, 0.15) is 12.1 Å². The number of nitrogens with one attached hydrogen (secondary N) is 1. The third-order valence-electron chi connectivity index (χ3n) is 3.76. The van der Waals surface area contributed by atoms with Crippen molar-refractivity contribution in [1.29, 1.82) is 0 Å². The average Bonchev–Trinajstić information content (AvgIpc) is 3.20. The Morgan fingerprint density at radius 2 is 2.04 bits per heavy atom. The van der Waals surface area contributed by atoms with Crippen LogP contribution in [0.4, 0.5) is 0 Å². The number of imidazole rings is 1. The summed E-state index contributed by atoms with van der Waals surface area (Å²) >= 11 is 1.64. The van der Waals surface area contributed by atoms with Gasteiger partial charge < -0.3 is 5.32 Å². The molecule has 0 radical (unpaired) electrons. The average molecular weight is 352 g/mol. The van der Waals surface area contributed by atoms with Crippen molar-refractivity contribution in [1.82, 2.24) is 19.9 Å². The van der Waals surface area contributed by atoms with Crippen LogP contribution in [0.25, 0.3) is 5.82 Å². The minimum absolute atomic E-state index is 0.0413. The van der Waals surface area contributed by atoms with Gasteiger partial charge in [0.05, 0.1) is 5.25 Å². The van der Waals surface area contributed by atoms with Crippen molar-refractivity contribution in [3.8, 4) is 5.82 Å². The summed E-state index contributed by atoms with van der Waals surface area (Å²) in [6.07, 6.45) is 7.03. The summed E-state index contributed by atoms with van der Waals surface area (Å²) in [5.41, 5.74) is 2.20. The maximum Gasteiger partial charge on any atom is 0.233 e. The normalized spacial score (nSPS) is 11.9. The fourth-order valence-corrected chi connectivity index (χ4v) is 3.14. The first-order chi connectivity index (χ1) is 12.2. The fourth-order valence-electron chi connectivity index (χ4n) is 2.27. The van der Waals surface area contributed by atoms with Gasteiger partial charge in [-0.1, -0.05) is 36.4 Å². The molecule has 1 N–H and O–H groups in total. The van der Waals surface area contributed by atoms with Crippen molar-refractivity contribution in [3.63, 3.8) is 0 Å². The molecule has 5 nitrogen and oxygen atoms in total. The summed E-state index contributed by atoms with van der Waals surface area (Å²) in [7, 11) is 0. The van der Waals surface area contributed by atoms with Gasteiger partial charge in [-0.2, -0.15) is 0 Å². The van der Waals surface area contributed by atoms with Gasteiger partial charge in [-0.3, -0.25) is 9.36 Å².